The van der Waals surface area contributed by atoms with Gasteiger partial charge in [0.1, 0.15) is 12.7 Å². The van der Waals surface area contributed by atoms with E-state index >= 15 is 0 Å². The van der Waals surface area contributed by atoms with Crippen LogP contribution in [0.3, 0.4) is 0 Å². The van der Waals surface area contributed by atoms with Crippen molar-refractivity contribution in [3.8, 4) is 0 Å². The molecule has 1 amide bonds. The number of carbonyl (C=O) groups excluding carboxylic acids is 1. The maximum Gasteiger partial charge on any atom is 0.284 e. The largest absolute Gasteiger partial charge is 0.368 e. The number of anilines is 1. The van der Waals surface area contributed by atoms with E-state index in [-0.39, 0.29) is 10.8 Å². The summed E-state index contributed by atoms with van der Waals surface area (Å²) in [5.41, 5.74) is 1.62. The van der Waals surface area contributed by atoms with E-state index in [9.17, 15) is 13.2 Å². The van der Waals surface area contributed by atoms with E-state index in [1.807, 2.05) is 0 Å². The van der Waals surface area contributed by atoms with E-state index in [2.05, 4.69) is 61.8 Å². The average molecular weight is 523 g/mol. The van der Waals surface area contributed by atoms with Gasteiger partial charge in [0.15, 0.2) is 0 Å². The molecule has 3 aromatic rings. The fourth-order valence-corrected chi connectivity index (χ4v) is 4.60. The van der Waals surface area contributed by atoms with Gasteiger partial charge >= 0.3 is 0 Å². The zero-order valence-electron chi connectivity index (χ0n) is 15.3. The minimum absolute atomic E-state index is 0.0584. The van der Waals surface area contributed by atoms with Gasteiger partial charge in [0.05, 0.1) is 4.90 Å². The molecule has 0 bridgehead atoms. The molecule has 2 heterocycles. The molecule has 1 aliphatic rings. The Morgan fingerprint density at radius 3 is 2.17 bits per heavy atom. The highest BCUT2D eigenvalue weighted by Crippen LogP contribution is 2.20. The molecule has 0 radical (unpaired) electrons. The third-order valence-electron chi connectivity index (χ3n) is 4.80. The molecular weight excluding hydrogens is 505 g/mol. The molecule has 2 aromatic carbocycles. The van der Waals surface area contributed by atoms with Gasteiger partial charge in [-0.05, 0) is 71.1 Å². The number of amides is 1. The Morgan fingerprint density at radius 1 is 0.931 bits per heavy atom. The van der Waals surface area contributed by atoms with Crippen molar-refractivity contribution in [3.63, 3.8) is 0 Å². The number of hydrogen-bond acceptors (Lipinski definition) is 6. The first-order valence-corrected chi connectivity index (χ1v) is 11.5. The summed E-state index contributed by atoms with van der Waals surface area (Å²) in [6.07, 6.45) is 2.28. The van der Waals surface area contributed by atoms with Crippen LogP contribution in [0.5, 0.6) is 0 Å². The van der Waals surface area contributed by atoms with Gasteiger partial charge < -0.3 is 9.80 Å². The molecular formula is C19H18IN5O3S. The predicted octanol–water partition coefficient (Wildman–Crippen LogP) is 2.08. The van der Waals surface area contributed by atoms with Crippen LogP contribution in [0.2, 0.25) is 0 Å². The van der Waals surface area contributed by atoms with E-state index in [0.29, 0.717) is 18.7 Å². The normalized spacial score (nSPS) is 14.8. The fraction of sp³-hybridized carbons (Fsp3) is 0.211. The van der Waals surface area contributed by atoms with Gasteiger partial charge in [-0.15, -0.1) is 9.19 Å². The Kier molecular flexibility index (Phi) is 5.54. The van der Waals surface area contributed by atoms with Crippen molar-refractivity contribution in [1.82, 2.24) is 19.1 Å². The number of aromatic nitrogens is 3. The predicted molar refractivity (Wildman–Crippen MR) is 116 cm³/mol. The van der Waals surface area contributed by atoms with Crippen LogP contribution in [0.25, 0.3) is 0 Å². The molecule has 0 unspecified atom stereocenters. The van der Waals surface area contributed by atoms with E-state index in [4.69, 9.17) is 0 Å². The lowest BCUT2D eigenvalue weighted by Gasteiger charge is -2.36. The van der Waals surface area contributed by atoms with E-state index in [0.717, 1.165) is 35.5 Å². The van der Waals surface area contributed by atoms with Crippen LogP contribution in [0, 0.1) is 3.57 Å². The molecule has 1 aromatic heterocycles. The summed E-state index contributed by atoms with van der Waals surface area (Å²) in [5.74, 6) is -0.100. The van der Waals surface area contributed by atoms with Crippen LogP contribution in [0.1, 0.15) is 10.4 Å². The smallest absolute Gasteiger partial charge is 0.284 e. The Bertz CT molecular complexity index is 1090. The quantitative estimate of drug-likeness (QED) is 0.487. The molecule has 1 fully saturated rings. The highest BCUT2D eigenvalue weighted by molar-refractivity contribution is 14.1. The minimum atomic E-state index is -3.79. The summed E-state index contributed by atoms with van der Waals surface area (Å²) in [4.78, 5) is 20.6. The molecule has 0 saturated carbocycles. The molecule has 0 atom stereocenters. The number of benzene rings is 2. The van der Waals surface area contributed by atoms with Crippen LogP contribution < -0.4 is 4.90 Å². The maximum absolute atomic E-state index is 12.8. The maximum atomic E-state index is 12.8. The van der Waals surface area contributed by atoms with Gasteiger partial charge in [0, 0.05) is 41.0 Å². The zero-order chi connectivity index (χ0) is 20.4. The minimum Gasteiger partial charge on any atom is -0.368 e. The summed E-state index contributed by atoms with van der Waals surface area (Å²) >= 11 is 2.28. The van der Waals surface area contributed by atoms with Gasteiger partial charge in [-0.3, -0.25) is 4.79 Å². The van der Waals surface area contributed by atoms with Crippen molar-refractivity contribution >= 4 is 44.2 Å². The van der Waals surface area contributed by atoms with Crippen LogP contribution in [0.4, 0.5) is 5.69 Å². The topological polar surface area (TPSA) is 88.4 Å². The first kappa shape index (κ1) is 19.8. The number of carbonyl (C=O) groups is 1. The first-order chi connectivity index (χ1) is 13.9. The molecule has 0 N–H and O–H groups in total. The van der Waals surface area contributed by atoms with Crippen molar-refractivity contribution in [2.75, 3.05) is 31.1 Å². The third kappa shape index (κ3) is 4.13. The third-order valence-corrected chi connectivity index (χ3v) is 7.07. The summed E-state index contributed by atoms with van der Waals surface area (Å²) in [7, 11) is -3.79. The highest BCUT2D eigenvalue weighted by Gasteiger charge is 2.23. The fourth-order valence-electron chi connectivity index (χ4n) is 3.20. The number of piperazine rings is 1. The van der Waals surface area contributed by atoms with Gasteiger partial charge in [-0.1, -0.05) is 0 Å². The van der Waals surface area contributed by atoms with Gasteiger partial charge in [0.25, 0.3) is 15.9 Å². The van der Waals surface area contributed by atoms with Crippen molar-refractivity contribution in [3.05, 3.63) is 70.3 Å². The molecule has 1 aliphatic heterocycles. The van der Waals surface area contributed by atoms with Crippen molar-refractivity contribution in [2.45, 2.75) is 4.90 Å². The second kappa shape index (κ2) is 8.11. The molecule has 10 heteroatoms. The lowest BCUT2D eigenvalue weighted by Crippen LogP contribution is -2.48. The molecule has 150 valence electrons. The summed E-state index contributed by atoms with van der Waals surface area (Å²) in [6.45, 7) is 2.74. The number of rotatable bonds is 4. The van der Waals surface area contributed by atoms with Crippen molar-refractivity contribution < 1.29 is 13.2 Å². The number of halogens is 1. The van der Waals surface area contributed by atoms with Crippen LogP contribution in [0.15, 0.2) is 66.1 Å². The molecule has 1 saturated heterocycles. The van der Waals surface area contributed by atoms with Crippen LogP contribution >= 0.6 is 22.6 Å². The molecule has 0 aliphatic carbocycles. The standard InChI is InChI=1S/C19H18IN5O3S/c20-16-3-5-17(6-4-16)23-9-11-24(12-10-23)19(26)15-1-7-18(8-2-15)29(27,28)25-14-21-13-22-25/h1-8,13-14H,9-12H2. The first-order valence-electron chi connectivity index (χ1n) is 8.95. The molecule has 4 rings (SSSR count). The summed E-state index contributed by atoms with van der Waals surface area (Å²) < 4.78 is 26.8. The SMILES string of the molecule is O=C(c1ccc(S(=O)(=O)n2cncn2)cc1)N1CCN(c2ccc(I)cc2)CC1. The number of nitrogens with zero attached hydrogens (tertiary/aromatic N) is 5. The van der Waals surface area contributed by atoms with Gasteiger partial charge in [0.2, 0.25) is 0 Å². The molecule has 8 nitrogen and oxygen atoms in total. The van der Waals surface area contributed by atoms with Crippen molar-refractivity contribution in [2.24, 2.45) is 0 Å². The second-order valence-electron chi connectivity index (χ2n) is 6.55. The Hall–Kier alpha value is -2.47. The average Bonchev–Trinajstić information content (AvgIpc) is 3.30. The van der Waals surface area contributed by atoms with Crippen LogP contribution in [-0.4, -0.2) is 59.6 Å². The molecule has 29 heavy (non-hydrogen) atoms. The van der Waals surface area contributed by atoms with Gasteiger partial charge in [-0.2, -0.15) is 8.42 Å². The lowest BCUT2D eigenvalue weighted by molar-refractivity contribution is 0.0746. The van der Waals surface area contributed by atoms with E-state index in [1.165, 1.54) is 27.8 Å². The second-order valence-corrected chi connectivity index (χ2v) is 9.59. The summed E-state index contributed by atoms with van der Waals surface area (Å²) in [5, 5.41) is 3.67. The van der Waals surface area contributed by atoms with E-state index in [1.54, 1.807) is 4.90 Å². The summed E-state index contributed by atoms with van der Waals surface area (Å²) in [6, 6.07) is 14.2. The molecule has 0 spiro atoms. The highest BCUT2D eigenvalue weighted by atomic mass is 127. The Labute approximate surface area is 182 Å². The lowest BCUT2D eigenvalue weighted by atomic mass is 10.1. The monoisotopic (exact) mass is 523 g/mol. The zero-order valence-corrected chi connectivity index (χ0v) is 18.3. The van der Waals surface area contributed by atoms with Gasteiger partial charge in [-0.25, -0.2) is 4.98 Å². The van der Waals surface area contributed by atoms with Crippen LogP contribution in [-0.2, 0) is 10.0 Å². The van der Waals surface area contributed by atoms with E-state index < -0.39 is 10.0 Å². The number of hydrogen-bond donors (Lipinski definition) is 0. The Morgan fingerprint density at radius 2 is 1.59 bits per heavy atom. The van der Waals surface area contributed by atoms with Crippen molar-refractivity contribution in [1.29, 1.82) is 0 Å². The Balaban J connectivity index is 1.42.